The summed E-state index contributed by atoms with van der Waals surface area (Å²) in [5.41, 5.74) is 0.918. The van der Waals surface area contributed by atoms with Gasteiger partial charge in [-0.15, -0.1) is 0 Å². The maximum absolute atomic E-state index is 11.5. The highest BCUT2D eigenvalue weighted by Crippen LogP contribution is 2.51. The van der Waals surface area contributed by atoms with Crippen LogP contribution in [0, 0.1) is 11.3 Å². The van der Waals surface area contributed by atoms with Crippen LogP contribution in [-0.2, 0) is 4.74 Å². The van der Waals surface area contributed by atoms with Gasteiger partial charge in [-0.2, -0.15) is 0 Å². The zero-order valence-corrected chi connectivity index (χ0v) is 10.5. The number of carbonyl (C=O) groups excluding carboxylic acids is 1. The lowest BCUT2D eigenvalue weighted by atomic mass is 10.1. The number of nitrogens with one attached hydrogen (secondary N) is 1. The molecule has 0 amide bonds. The summed E-state index contributed by atoms with van der Waals surface area (Å²) >= 11 is 0. The van der Waals surface area contributed by atoms with E-state index in [0.29, 0.717) is 22.7 Å². The lowest BCUT2D eigenvalue weighted by molar-refractivity contribution is 0.0601. The minimum atomic E-state index is -0.351. The highest BCUT2D eigenvalue weighted by atomic mass is 16.5. The molecule has 0 bridgehead atoms. The first kappa shape index (κ1) is 11.9. The van der Waals surface area contributed by atoms with Crippen LogP contribution in [0.5, 0.6) is 0 Å². The molecule has 0 saturated heterocycles. The molecule has 1 heterocycles. The molecule has 0 spiro atoms. The summed E-state index contributed by atoms with van der Waals surface area (Å²) in [4.78, 5) is 15.7. The van der Waals surface area contributed by atoms with Crippen molar-refractivity contribution >= 4 is 11.8 Å². The molecule has 1 aliphatic rings. The van der Waals surface area contributed by atoms with Crippen LogP contribution in [-0.4, -0.2) is 24.6 Å². The lowest BCUT2D eigenvalue weighted by Crippen LogP contribution is -2.13. The van der Waals surface area contributed by atoms with Gasteiger partial charge >= 0.3 is 5.97 Å². The molecule has 4 nitrogen and oxygen atoms in total. The summed E-state index contributed by atoms with van der Waals surface area (Å²) in [6.45, 7) is 5.35. The van der Waals surface area contributed by atoms with Gasteiger partial charge in [0.1, 0.15) is 11.4 Å². The fraction of sp³-hybridized carbons (Fsp3) is 0.538. The standard InChI is InChI=1S/C13H18N2O2/c1-13(2)7-9(13)8-15-11-10(12(16)17-3)5-4-6-14-11/h4-6,9H,7-8H2,1-3H3,(H,14,15). The first-order valence-electron chi connectivity index (χ1n) is 5.82. The van der Waals surface area contributed by atoms with Gasteiger partial charge in [0.2, 0.25) is 0 Å². The summed E-state index contributed by atoms with van der Waals surface area (Å²) in [5.74, 6) is 0.924. The molecule has 0 aromatic carbocycles. The van der Waals surface area contributed by atoms with E-state index in [9.17, 15) is 4.79 Å². The third kappa shape index (κ3) is 2.57. The van der Waals surface area contributed by atoms with Crippen molar-refractivity contribution in [2.75, 3.05) is 19.0 Å². The summed E-state index contributed by atoms with van der Waals surface area (Å²) in [6, 6.07) is 3.46. The van der Waals surface area contributed by atoms with Gasteiger partial charge in [-0.05, 0) is 29.9 Å². The third-order valence-electron chi connectivity index (χ3n) is 3.45. The van der Waals surface area contributed by atoms with Crippen LogP contribution < -0.4 is 5.32 Å². The van der Waals surface area contributed by atoms with E-state index < -0.39 is 0 Å². The molecule has 1 saturated carbocycles. The van der Waals surface area contributed by atoms with E-state index in [-0.39, 0.29) is 5.97 Å². The van der Waals surface area contributed by atoms with Crippen molar-refractivity contribution in [2.45, 2.75) is 20.3 Å². The van der Waals surface area contributed by atoms with Crippen LogP contribution in [0.15, 0.2) is 18.3 Å². The zero-order valence-electron chi connectivity index (χ0n) is 10.5. The van der Waals surface area contributed by atoms with E-state index in [0.717, 1.165) is 6.54 Å². The second-order valence-electron chi connectivity index (χ2n) is 5.16. The molecule has 0 radical (unpaired) electrons. The number of hydrogen-bond acceptors (Lipinski definition) is 4. The van der Waals surface area contributed by atoms with Gasteiger partial charge in [0.05, 0.1) is 7.11 Å². The summed E-state index contributed by atoms with van der Waals surface area (Å²) in [5, 5.41) is 3.23. The Kier molecular flexibility index (Phi) is 3.05. The minimum absolute atomic E-state index is 0.351. The van der Waals surface area contributed by atoms with E-state index >= 15 is 0 Å². The van der Waals surface area contributed by atoms with E-state index in [1.807, 2.05) is 0 Å². The van der Waals surface area contributed by atoms with Gasteiger partial charge < -0.3 is 10.1 Å². The van der Waals surface area contributed by atoms with Crippen molar-refractivity contribution in [1.29, 1.82) is 0 Å². The summed E-state index contributed by atoms with van der Waals surface area (Å²) < 4.78 is 4.72. The molecular weight excluding hydrogens is 216 g/mol. The first-order chi connectivity index (χ1) is 8.04. The zero-order chi connectivity index (χ0) is 12.5. The molecule has 2 rings (SSSR count). The van der Waals surface area contributed by atoms with Crippen molar-refractivity contribution in [2.24, 2.45) is 11.3 Å². The Morgan fingerprint density at radius 1 is 1.65 bits per heavy atom. The van der Waals surface area contributed by atoms with Crippen LogP contribution in [0.1, 0.15) is 30.6 Å². The van der Waals surface area contributed by atoms with Crippen LogP contribution in [0.4, 0.5) is 5.82 Å². The normalized spacial score (nSPS) is 20.8. The largest absolute Gasteiger partial charge is 0.465 e. The highest BCUT2D eigenvalue weighted by Gasteiger charge is 2.45. The number of anilines is 1. The molecular formula is C13H18N2O2. The smallest absolute Gasteiger partial charge is 0.341 e. The molecule has 4 heteroatoms. The molecule has 1 aromatic heterocycles. The van der Waals surface area contributed by atoms with Gasteiger partial charge in [-0.3, -0.25) is 0 Å². The van der Waals surface area contributed by atoms with Crippen molar-refractivity contribution in [1.82, 2.24) is 4.98 Å². The van der Waals surface area contributed by atoms with Gasteiger partial charge in [0, 0.05) is 12.7 Å². The Morgan fingerprint density at radius 2 is 2.35 bits per heavy atom. The van der Waals surface area contributed by atoms with Crippen LogP contribution in [0.25, 0.3) is 0 Å². The van der Waals surface area contributed by atoms with Gasteiger partial charge in [0.15, 0.2) is 0 Å². The quantitative estimate of drug-likeness (QED) is 0.812. The van der Waals surface area contributed by atoms with E-state index in [4.69, 9.17) is 4.74 Å². The summed E-state index contributed by atoms with van der Waals surface area (Å²) in [6.07, 6.45) is 2.90. The van der Waals surface area contributed by atoms with Crippen LogP contribution in [0.2, 0.25) is 0 Å². The maximum Gasteiger partial charge on any atom is 0.341 e. The monoisotopic (exact) mass is 234 g/mol. The maximum atomic E-state index is 11.5. The molecule has 17 heavy (non-hydrogen) atoms. The number of methoxy groups -OCH3 is 1. The number of carbonyl (C=O) groups is 1. The predicted molar refractivity (Wildman–Crippen MR) is 66.0 cm³/mol. The number of pyridine rings is 1. The van der Waals surface area contributed by atoms with Crippen LogP contribution >= 0.6 is 0 Å². The number of aromatic nitrogens is 1. The first-order valence-corrected chi connectivity index (χ1v) is 5.82. The van der Waals surface area contributed by atoms with Gasteiger partial charge in [-0.1, -0.05) is 13.8 Å². The second kappa shape index (κ2) is 4.35. The van der Waals surface area contributed by atoms with Crippen molar-refractivity contribution < 1.29 is 9.53 Å². The van der Waals surface area contributed by atoms with E-state index in [1.54, 1.807) is 18.3 Å². The molecule has 1 unspecified atom stereocenters. The molecule has 92 valence electrons. The molecule has 1 atom stereocenters. The highest BCUT2D eigenvalue weighted by molar-refractivity contribution is 5.94. The Morgan fingerprint density at radius 3 is 2.94 bits per heavy atom. The minimum Gasteiger partial charge on any atom is -0.465 e. The Labute approximate surface area is 101 Å². The van der Waals surface area contributed by atoms with Gasteiger partial charge in [-0.25, -0.2) is 9.78 Å². The molecule has 1 N–H and O–H groups in total. The Balaban J connectivity index is 2.03. The topological polar surface area (TPSA) is 51.2 Å². The number of esters is 1. The van der Waals surface area contributed by atoms with Crippen molar-refractivity contribution in [3.63, 3.8) is 0 Å². The van der Waals surface area contributed by atoms with Crippen molar-refractivity contribution in [3.8, 4) is 0 Å². The average Bonchev–Trinajstić information content (AvgIpc) is 2.94. The molecule has 0 aliphatic heterocycles. The number of hydrogen-bond donors (Lipinski definition) is 1. The SMILES string of the molecule is COC(=O)c1cccnc1NCC1CC1(C)C. The Hall–Kier alpha value is -1.58. The fourth-order valence-corrected chi connectivity index (χ4v) is 1.97. The Bertz CT molecular complexity index is 429. The number of nitrogens with zero attached hydrogens (tertiary/aromatic N) is 1. The lowest BCUT2D eigenvalue weighted by Gasteiger charge is -2.10. The third-order valence-corrected chi connectivity index (χ3v) is 3.45. The predicted octanol–water partition coefficient (Wildman–Crippen LogP) is 2.33. The fourth-order valence-electron chi connectivity index (χ4n) is 1.97. The van der Waals surface area contributed by atoms with E-state index in [1.165, 1.54) is 13.5 Å². The average molecular weight is 234 g/mol. The second-order valence-corrected chi connectivity index (χ2v) is 5.16. The number of ether oxygens (including phenoxy) is 1. The van der Waals surface area contributed by atoms with Crippen LogP contribution in [0.3, 0.4) is 0 Å². The van der Waals surface area contributed by atoms with Crippen molar-refractivity contribution in [3.05, 3.63) is 23.9 Å². The summed E-state index contributed by atoms with van der Waals surface area (Å²) in [7, 11) is 1.38. The number of rotatable bonds is 4. The molecule has 1 aromatic rings. The van der Waals surface area contributed by atoms with E-state index in [2.05, 4.69) is 24.1 Å². The molecule has 1 aliphatic carbocycles. The molecule has 1 fully saturated rings. The van der Waals surface area contributed by atoms with Gasteiger partial charge in [0.25, 0.3) is 0 Å².